The van der Waals surface area contributed by atoms with E-state index < -0.39 is 0 Å². The highest BCUT2D eigenvalue weighted by Gasteiger charge is 2.03. The molecule has 2 rings (SSSR count). The summed E-state index contributed by atoms with van der Waals surface area (Å²) in [5.74, 6) is 0.248. The molecule has 0 aliphatic heterocycles. The molecule has 1 amide bonds. The van der Waals surface area contributed by atoms with Crippen LogP contribution >= 0.6 is 0 Å². The fraction of sp³-hybridized carbons (Fsp3) is 0.143. The molecule has 0 fully saturated rings. The molecule has 0 atom stereocenters. The van der Waals surface area contributed by atoms with Gasteiger partial charge in [0.15, 0.2) is 6.61 Å². The molecule has 1 heterocycles. The number of aliphatic hydroxyl groups is 1. The second-order valence-corrected chi connectivity index (χ2v) is 3.85. The molecule has 0 aliphatic rings. The number of nitrogens with one attached hydrogen (secondary N) is 1. The van der Waals surface area contributed by atoms with Crippen LogP contribution in [-0.2, 0) is 11.4 Å². The van der Waals surface area contributed by atoms with Crippen LogP contribution in [0.25, 0.3) is 0 Å². The van der Waals surface area contributed by atoms with E-state index in [9.17, 15) is 4.79 Å². The summed E-state index contributed by atoms with van der Waals surface area (Å²) in [5.41, 5.74) is 1.28. The molecule has 5 nitrogen and oxygen atoms in total. The second kappa shape index (κ2) is 6.51. The number of anilines is 1. The van der Waals surface area contributed by atoms with Crippen molar-refractivity contribution in [1.29, 1.82) is 0 Å². The molecular weight excluding hydrogens is 244 g/mol. The number of aromatic nitrogens is 1. The van der Waals surface area contributed by atoms with Crippen molar-refractivity contribution in [2.45, 2.75) is 6.61 Å². The Hall–Kier alpha value is -2.40. The minimum Gasteiger partial charge on any atom is -0.482 e. The lowest BCUT2D eigenvalue weighted by Crippen LogP contribution is -2.20. The van der Waals surface area contributed by atoms with Crippen molar-refractivity contribution < 1.29 is 14.6 Å². The van der Waals surface area contributed by atoms with Crippen LogP contribution in [0.1, 0.15) is 5.69 Å². The van der Waals surface area contributed by atoms with Gasteiger partial charge < -0.3 is 15.2 Å². The van der Waals surface area contributed by atoms with Gasteiger partial charge in [-0.15, -0.1) is 0 Å². The second-order valence-electron chi connectivity index (χ2n) is 3.85. The fourth-order valence-corrected chi connectivity index (χ4v) is 1.46. The molecule has 2 N–H and O–H groups in total. The fourth-order valence-electron chi connectivity index (χ4n) is 1.46. The molecule has 0 radical (unpaired) electrons. The van der Waals surface area contributed by atoms with Crippen LogP contribution in [0, 0.1) is 0 Å². The zero-order valence-electron chi connectivity index (χ0n) is 10.2. The number of aliphatic hydroxyl groups excluding tert-OH is 1. The highest BCUT2D eigenvalue weighted by Crippen LogP contribution is 2.09. The maximum atomic E-state index is 11.6. The number of pyridine rings is 1. The van der Waals surface area contributed by atoms with E-state index in [1.54, 1.807) is 24.3 Å². The summed E-state index contributed by atoms with van der Waals surface area (Å²) < 4.78 is 5.28. The van der Waals surface area contributed by atoms with Gasteiger partial charge in [-0.3, -0.25) is 9.78 Å². The Bertz CT molecular complexity index is 526. The van der Waals surface area contributed by atoms with Crippen molar-refractivity contribution in [1.82, 2.24) is 4.98 Å². The van der Waals surface area contributed by atoms with Gasteiger partial charge in [-0.25, -0.2) is 0 Å². The van der Waals surface area contributed by atoms with Crippen LogP contribution in [0.15, 0.2) is 48.7 Å². The van der Waals surface area contributed by atoms with Crippen LogP contribution in [-0.4, -0.2) is 22.6 Å². The molecule has 0 spiro atoms. The van der Waals surface area contributed by atoms with Crippen LogP contribution in [0.2, 0.25) is 0 Å². The Morgan fingerprint density at radius 3 is 2.63 bits per heavy atom. The largest absolute Gasteiger partial charge is 0.482 e. The average Bonchev–Trinajstić information content (AvgIpc) is 2.47. The van der Waals surface area contributed by atoms with Crippen LogP contribution in [0.4, 0.5) is 5.69 Å². The van der Waals surface area contributed by atoms with Gasteiger partial charge in [0.1, 0.15) is 5.75 Å². The number of rotatable bonds is 5. The van der Waals surface area contributed by atoms with Gasteiger partial charge in [-0.1, -0.05) is 18.2 Å². The summed E-state index contributed by atoms with van der Waals surface area (Å²) in [6.45, 7) is -0.205. The Kier molecular flexibility index (Phi) is 4.47. The Morgan fingerprint density at radius 1 is 1.21 bits per heavy atom. The first-order valence-electron chi connectivity index (χ1n) is 5.81. The van der Waals surface area contributed by atoms with Crippen molar-refractivity contribution in [3.05, 3.63) is 54.4 Å². The molecule has 0 bridgehead atoms. The Labute approximate surface area is 110 Å². The minimum absolute atomic E-state index is 0.0882. The van der Waals surface area contributed by atoms with E-state index in [0.29, 0.717) is 11.4 Å². The monoisotopic (exact) mass is 258 g/mol. The number of carbonyl (C=O) groups excluding carboxylic acids is 1. The lowest BCUT2D eigenvalue weighted by molar-refractivity contribution is -0.118. The standard InChI is InChI=1S/C14H14N2O3/c17-9-12-6-7-13(8-15-12)19-10-14(18)16-11-4-2-1-3-5-11/h1-8,17H,9-10H2,(H,16,18). The maximum Gasteiger partial charge on any atom is 0.262 e. The summed E-state index contributed by atoms with van der Waals surface area (Å²) in [7, 11) is 0. The number of nitrogens with zero attached hydrogens (tertiary/aromatic N) is 1. The third-order valence-corrected chi connectivity index (χ3v) is 2.39. The van der Waals surface area contributed by atoms with Crippen LogP contribution < -0.4 is 10.1 Å². The zero-order valence-corrected chi connectivity index (χ0v) is 10.2. The van der Waals surface area contributed by atoms with Crippen molar-refractivity contribution >= 4 is 11.6 Å². The van der Waals surface area contributed by atoms with Crippen molar-refractivity contribution in [3.8, 4) is 5.75 Å². The summed E-state index contributed by atoms with van der Waals surface area (Å²) in [5, 5.41) is 11.6. The van der Waals surface area contributed by atoms with Crippen molar-refractivity contribution in [2.75, 3.05) is 11.9 Å². The molecule has 0 aliphatic carbocycles. The number of ether oxygens (including phenoxy) is 1. The third-order valence-electron chi connectivity index (χ3n) is 2.39. The van der Waals surface area contributed by atoms with Crippen LogP contribution in [0.3, 0.4) is 0 Å². The smallest absolute Gasteiger partial charge is 0.262 e. The van der Waals surface area contributed by atoms with Gasteiger partial charge in [-0.2, -0.15) is 0 Å². The number of para-hydroxylation sites is 1. The number of benzene rings is 1. The van der Waals surface area contributed by atoms with Gasteiger partial charge in [0.2, 0.25) is 0 Å². The van der Waals surface area contributed by atoms with Crippen molar-refractivity contribution in [2.24, 2.45) is 0 Å². The normalized spacial score (nSPS) is 9.95. The maximum absolute atomic E-state index is 11.6. The van der Waals surface area contributed by atoms with E-state index in [4.69, 9.17) is 9.84 Å². The first-order valence-corrected chi connectivity index (χ1v) is 5.81. The van der Waals surface area contributed by atoms with Gasteiger partial charge >= 0.3 is 0 Å². The molecule has 1 aromatic carbocycles. The van der Waals surface area contributed by atoms with E-state index in [0.717, 1.165) is 5.69 Å². The molecule has 0 saturated carbocycles. The third kappa shape index (κ3) is 4.08. The van der Waals surface area contributed by atoms with Gasteiger partial charge in [0.25, 0.3) is 5.91 Å². The summed E-state index contributed by atoms with van der Waals surface area (Å²) in [6.07, 6.45) is 1.47. The highest BCUT2D eigenvalue weighted by molar-refractivity contribution is 5.91. The summed E-state index contributed by atoms with van der Waals surface area (Å²) in [6, 6.07) is 12.5. The van der Waals surface area contributed by atoms with Crippen LogP contribution in [0.5, 0.6) is 5.75 Å². The van der Waals surface area contributed by atoms with E-state index >= 15 is 0 Å². The number of amides is 1. The number of hydrogen-bond donors (Lipinski definition) is 2. The first kappa shape index (κ1) is 13.0. The first-order chi connectivity index (χ1) is 9.28. The quantitative estimate of drug-likeness (QED) is 0.854. The molecule has 5 heteroatoms. The topological polar surface area (TPSA) is 71.5 Å². The zero-order chi connectivity index (χ0) is 13.5. The molecule has 0 unspecified atom stereocenters. The van der Waals surface area contributed by atoms with E-state index in [1.165, 1.54) is 6.20 Å². The van der Waals surface area contributed by atoms with Gasteiger partial charge in [-0.05, 0) is 24.3 Å². The van der Waals surface area contributed by atoms with E-state index in [1.807, 2.05) is 18.2 Å². The molecule has 19 heavy (non-hydrogen) atoms. The minimum atomic E-state index is -0.238. The molecule has 1 aromatic heterocycles. The summed E-state index contributed by atoms with van der Waals surface area (Å²) in [4.78, 5) is 15.6. The summed E-state index contributed by atoms with van der Waals surface area (Å²) >= 11 is 0. The lowest BCUT2D eigenvalue weighted by Gasteiger charge is -2.07. The van der Waals surface area contributed by atoms with E-state index in [-0.39, 0.29) is 19.1 Å². The van der Waals surface area contributed by atoms with E-state index in [2.05, 4.69) is 10.3 Å². The molecular formula is C14H14N2O3. The predicted molar refractivity (Wildman–Crippen MR) is 70.7 cm³/mol. The predicted octanol–water partition coefficient (Wildman–Crippen LogP) is 1.59. The van der Waals surface area contributed by atoms with Gasteiger partial charge in [0.05, 0.1) is 18.5 Å². The Balaban J connectivity index is 1.83. The Morgan fingerprint density at radius 2 is 2.00 bits per heavy atom. The van der Waals surface area contributed by atoms with Crippen molar-refractivity contribution in [3.63, 3.8) is 0 Å². The number of carbonyl (C=O) groups is 1. The van der Waals surface area contributed by atoms with Gasteiger partial charge in [0, 0.05) is 5.69 Å². The molecule has 98 valence electrons. The number of hydrogen-bond acceptors (Lipinski definition) is 4. The molecule has 0 saturated heterocycles. The average molecular weight is 258 g/mol. The SMILES string of the molecule is O=C(COc1ccc(CO)nc1)Nc1ccccc1. The molecule has 2 aromatic rings. The lowest BCUT2D eigenvalue weighted by atomic mass is 10.3. The highest BCUT2D eigenvalue weighted by atomic mass is 16.5.